The molecule has 92 valence electrons. The number of carboxylic acid groups (broad SMARTS) is 1. The molecule has 0 aliphatic carbocycles. The Hall–Kier alpha value is -1.10. The number of carbonyl (C=O) groups excluding carboxylic acids is 1. The van der Waals surface area contributed by atoms with E-state index in [2.05, 4.69) is 10.6 Å². The highest BCUT2D eigenvalue weighted by Gasteiger charge is 2.22. The van der Waals surface area contributed by atoms with Crippen LogP contribution < -0.4 is 10.6 Å². The molecule has 0 aromatic carbocycles. The maximum Gasteiger partial charge on any atom is 0.308 e. The van der Waals surface area contributed by atoms with Crippen LogP contribution in [0.2, 0.25) is 0 Å². The number of amides is 1. The maximum atomic E-state index is 11.7. The minimum Gasteiger partial charge on any atom is -0.481 e. The molecule has 1 aliphatic heterocycles. The van der Waals surface area contributed by atoms with Gasteiger partial charge in [-0.3, -0.25) is 9.59 Å². The van der Waals surface area contributed by atoms with Gasteiger partial charge in [-0.2, -0.15) is 0 Å². The van der Waals surface area contributed by atoms with Gasteiger partial charge in [0.1, 0.15) is 0 Å². The molecule has 1 aliphatic rings. The Morgan fingerprint density at radius 2 is 2.31 bits per heavy atom. The van der Waals surface area contributed by atoms with Crippen LogP contribution >= 0.6 is 0 Å². The first-order valence-electron chi connectivity index (χ1n) is 5.86. The first-order valence-corrected chi connectivity index (χ1v) is 5.86. The predicted octanol–water partition coefficient (Wildman–Crippen LogP) is 0.213. The lowest BCUT2D eigenvalue weighted by Crippen LogP contribution is -2.42. The fourth-order valence-corrected chi connectivity index (χ4v) is 1.85. The van der Waals surface area contributed by atoms with E-state index in [1.165, 1.54) is 0 Å². The number of piperidine rings is 1. The van der Waals surface area contributed by atoms with Crippen LogP contribution in [0.4, 0.5) is 0 Å². The Bertz CT molecular complexity index is 250. The van der Waals surface area contributed by atoms with Gasteiger partial charge >= 0.3 is 5.97 Å². The molecule has 5 heteroatoms. The second-order valence-corrected chi connectivity index (χ2v) is 4.23. The topological polar surface area (TPSA) is 78.4 Å². The fraction of sp³-hybridized carbons (Fsp3) is 0.818. The summed E-state index contributed by atoms with van der Waals surface area (Å²) in [6, 6.07) is 0. The van der Waals surface area contributed by atoms with E-state index in [1.54, 1.807) is 0 Å². The van der Waals surface area contributed by atoms with Crippen molar-refractivity contribution in [2.45, 2.75) is 26.2 Å². The molecule has 3 N–H and O–H groups in total. The molecule has 2 atom stereocenters. The van der Waals surface area contributed by atoms with Crippen LogP contribution in [0.1, 0.15) is 26.2 Å². The maximum absolute atomic E-state index is 11.7. The van der Waals surface area contributed by atoms with Gasteiger partial charge in [-0.15, -0.1) is 0 Å². The number of carboxylic acids is 1. The van der Waals surface area contributed by atoms with Crippen LogP contribution in [0.25, 0.3) is 0 Å². The fourth-order valence-electron chi connectivity index (χ4n) is 1.85. The molecule has 1 rings (SSSR count). The van der Waals surface area contributed by atoms with Gasteiger partial charge in [-0.05, 0) is 25.8 Å². The number of aliphatic carboxylic acids is 1. The number of hydrogen-bond donors (Lipinski definition) is 3. The Morgan fingerprint density at radius 3 is 2.81 bits per heavy atom. The van der Waals surface area contributed by atoms with Crippen LogP contribution in [0.3, 0.4) is 0 Å². The van der Waals surface area contributed by atoms with E-state index in [0.717, 1.165) is 19.4 Å². The van der Waals surface area contributed by atoms with E-state index in [-0.39, 0.29) is 18.4 Å². The van der Waals surface area contributed by atoms with E-state index in [9.17, 15) is 9.59 Å². The predicted molar refractivity (Wildman–Crippen MR) is 60.0 cm³/mol. The van der Waals surface area contributed by atoms with E-state index in [0.29, 0.717) is 13.0 Å². The van der Waals surface area contributed by atoms with Crippen molar-refractivity contribution < 1.29 is 14.7 Å². The summed E-state index contributed by atoms with van der Waals surface area (Å²) >= 11 is 0. The Balaban J connectivity index is 2.30. The quantitative estimate of drug-likeness (QED) is 0.628. The standard InChI is InChI=1S/C11H20N2O3/c1-2-8(11(15)16)7-13-10(14)9-4-3-5-12-6-9/h8-9,12H,2-7H2,1H3,(H,13,14)(H,15,16)/t8?,9-/m1/s1. The van der Waals surface area contributed by atoms with Gasteiger partial charge in [0.25, 0.3) is 0 Å². The zero-order chi connectivity index (χ0) is 12.0. The van der Waals surface area contributed by atoms with Crippen LogP contribution in [0.15, 0.2) is 0 Å². The van der Waals surface area contributed by atoms with Crippen molar-refractivity contribution >= 4 is 11.9 Å². The second kappa shape index (κ2) is 6.48. The van der Waals surface area contributed by atoms with Gasteiger partial charge in [0.05, 0.1) is 11.8 Å². The molecule has 0 bridgehead atoms. The molecule has 1 unspecified atom stereocenters. The lowest BCUT2D eigenvalue weighted by atomic mass is 9.98. The number of nitrogens with one attached hydrogen (secondary N) is 2. The third-order valence-electron chi connectivity index (χ3n) is 3.03. The lowest BCUT2D eigenvalue weighted by Gasteiger charge is -2.22. The molecule has 1 saturated heterocycles. The summed E-state index contributed by atoms with van der Waals surface area (Å²) in [4.78, 5) is 22.5. The van der Waals surface area contributed by atoms with Crippen molar-refractivity contribution in [3.8, 4) is 0 Å². The van der Waals surface area contributed by atoms with Crippen LogP contribution in [0.5, 0.6) is 0 Å². The van der Waals surface area contributed by atoms with Gasteiger partial charge in [0.15, 0.2) is 0 Å². The van der Waals surface area contributed by atoms with Crippen LogP contribution in [0, 0.1) is 11.8 Å². The summed E-state index contributed by atoms with van der Waals surface area (Å²) in [5.74, 6) is -1.34. The molecule has 16 heavy (non-hydrogen) atoms. The van der Waals surface area contributed by atoms with Gasteiger partial charge in [0.2, 0.25) is 5.91 Å². The summed E-state index contributed by atoms with van der Waals surface area (Å²) < 4.78 is 0. The van der Waals surface area contributed by atoms with Crippen molar-refractivity contribution in [3.63, 3.8) is 0 Å². The van der Waals surface area contributed by atoms with E-state index in [4.69, 9.17) is 5.11 Å². The molecule has 1 heterocycles. The molecule has 5 nitrogen and oxygen atoms in total. The highest BCUT2D eigenvalue weighted by molar-refractivity contribution is 5.79. The van der Waals surface area contributed by atoms with E-state index < -0.39 is 11.9 Å². The Kier molecular flexibility index (Phi) is 5.25. The molecule has 1 amide bonds. The molecule has 0 radical (unpaired) electrons. The van der Waals surface area contributed by atoms with Crippen molar-refractivity contribution in [3.05, 3.63) is 0 Å². The van der Waals surface area contributed by atoms with E-state index >= 15 is 0 Å². The third kappa shape index (κ3) is 3.81. The first-order chi connectivity index (χ1) is 7.65. The summed E-state index contributed by atoms with van der Waals surface area (Å²) in [5.41, 5.74) is 0. The van der Waals surface area contributed by atoms with Gasteiger partial charge in [0, 0.05) is 13.1 Å². The van der Waals surface area contributed by atoms with Crippen molar-refractivity contribution in [2.75, 3.05) is 19.6 Å². The zero-order valence-electron chi connectivity index (χ0n) is 9.66. The molecule has 1 fully saturated rings. The van der Waals surface area contributed by atoms with Crippen molar-refractivity contribution in [1.29, 1.82) is 0 Å². The summed E-state index contributed by atoms with van der Waals surface area (Å²) in [5, 5.41) is 14.7. The van der Waals surface area contributed by atoms with Crippen LogP contribution in [-0.4, -0.2) is 36.6 Å². The smallest absolute Gasteiger partial charge is 0.308 e. The first kappa shape index (κ1) is 13.0. The van der Waals surface area contributed by atoms with Crippen LogP contribution in [-0.2, 0) is 9.59 Å². The minimum atomic E-state index is -0.843. The van der Waals surface area contributed by atoms with Gasteiger partial charge < -0.3 is 15.7 Å². The monoisotopic (exact) mass is 228 g/mol. The summed E-state index contributed by atoms with van der Waals surface area (Å²) in [7, 11) is 0. The zero-order valence-corrected chi connectivity index (χ0v) is 9.66. The summed E-state index contributed by atoms with van der Waals surface area (Å²) in [6.07, 6.45) is 2.44. The van der Waals surface area contributed by atoms with Crippen molar-refractivity contribution in [1.82, 2.24) is 10.6 Å². The minimum absolute atomic E-state index is 0.0000472. The number of rotatable bonds is 5. The highest BCUT2D eigenvalue weighted by Crippen LogP contribution is 2.10. The molecule has 0 aromatic rings. The third-order valence-corrected chi connectivity index (χ3v) is 3.03. The molecular weight excluding hydrogens is 208 g/mol. The molecular formula is C11H20N2O3. The SMILES string of the molecule is CCC(CNC(=O)[C@@H]1CCCNC1)C(=O)O. The average molecular weight is 228 g/mol. The average Bonchev–Trinajstić information content (AvgIpc) is 2.30. The normalized spacial score (nSPS) is 22.4. The summed E-state index contributed by atoms with van der Waals surface area (Å²) in [6.45, 7) is 3.72. The number of hydrogen-bond acceptors (Lipinski definition) is 3. The lowest BCUT2D eigenvalue weighted by molar-refractivity contribution is -0.141. The molecule has 0 saturated carbocycles. The largest absolute Gasteiger partial charge is 0.481 e. The second-order valence-electron chi connectivity index (χ2n) is 4.23. The van der Waals surface area contributed by atoms with Gasteiger partial charge in [-0.25, -0.2) is 0 Å². The van der Waals surface area contributed by atoms with E-state index in [1.807, 2.05) is 6.92 Å². The Morgan fingerprint density at radius 1 is 1.56 bits per heavy atom. The highest BCUT2D eigenvalue weighted by atomic mass is 16.4. The van der Waals surface area contributed by atoms with Gasteiger partial charge in [-0.1, -0.05) is 6.92 Å². The molecule has 0 aromatic heterocycles. The van der Waals surface area contributed by atoms with Crippen molar-refractivity contribution in [2.24, 2.45) is 11.8 Å². The number of carbonyl (C=O) groups is 2. The molecule has 0 spiro atoms. The Labute approximate surface area is 95.6 Å².